The standard InChI is InChI=1S/C18H16N2O4/c21-13-7-5-11(6-8-13)17(22)20-16(18(23)24)9-12-10-19-15-4-2-1-3-14(12)15/h1-8,10,16,19,21H,9H2,(H,20,22)(H,23,24). The van der Waals surface area contributed by atoms with Gasteiger partial charge in [-0.15, -0.1) is 0 Å². The summed E-state index contributed by atoms with van der Waals surface area (Å²) in [5.74, 6) is -1.56. The summed E-state index contributed by atoms with van der Waals surface area (Å²) in [6, 6.07) is 12.2. The fourth-order valence-electron chi connectivity index (χ4n) is 2.57. The van der Waals surface area contributed by atoms with Gasteiger partial charge in [-0.25, -0.2) is 4.79 Å². The molecule has 24 heavy (non-hydrogen) atoms. The smallest absolute Gasteiger partial charge is 0.326 e. The van der Waals surface area contributed by atoms with E-state index in [-0.39, 0.29) is 17.7 Å². The molecular formula is C18H16N2O4. The van der Waals surface area contributed by atoms with Crippen LogP contribution in [0.25, 0.3) is 10.9 Å². The molecule has 0 saturated carbocycles. The highest BCUT2D eigenvalue weighted by Crippen LogP contribution is 2.19. The van der Waals surface area contributed by atoms with Gasteiger partial charge in [0, 0.05) is 29.1 Å². The number of amides is 1. The van der Waals surface area contributed by atoms with Gasteiger partial charge in [-0.05, 0) is 35.9 Å². The summed E-state index contributed by atoms with van der Waals surface area (Å²) in [5, 5.41) is 22.1. The number of rotatable bonds is 5. The van der Waals surface area contributed by atoms with Crippen molar-refractivity contribution < 1.29 is 19.8 Å². The molecule has 0 radical (unpaired) electrons. The Morgan fingerprint density at radius 2 is 1.79 bits per heavy atom. The van der Waals surface area contributed by atoms with Crippen LogP contribution >= 0.6 is 0 Å². The monoisotopic (exact) mass is 324 g/mol. The van der Waals surface area contributed by atoms with Crippen molar-refractivity contribution in [2.45, 2.75) is 12.5 Å². The second kappa shape index (κ2) is 6.45. The number of para-hydroxylation sites is 1. The predicted molar refractivity (Wildman–Crippen MR) is 89.0 cm³/mol. The Kier molecular flexibility index (Phi) is 4.20. The first-order chi connectivity index (χ1) is 11.5. The van der Waals surface area contributed by atoms with E-state index in [0.717, 1.165) is 16.5 Å². The molecule has 6 nitrogen and oxygen atoms in total. The van der Waals surface area contributed by atoms with Crippen molar-refractivity contribution in [3.63, 3.8) is 0 Å². The molecule has 1 heterocycles. The molecule has 3 rings (SSSR count). The van der Waals surface area contributed by atoms with E-state index in [0.29, 0.717) is 0 Å². The number of aromatic nitrogens is 1. The molecule has 1 amide bonds. The van der Waals surface area contributed by atoms with Crippen molar-refractivity contribution in [3.05, 3.63) is 65.9 Å². The second-order valence-corrected chi connectivity index (χ2v) is 5.47. The fraction of sp³-hybridized carbons (Fsp3) is 0.111. The van der Waals surface area contributed by atoms with Crippen LogP contribution in [0.1, 0.15) is 15.9 Å². The quantitative estimate of drug-likeness (QED) is 0.578. The molecule has 4 N–H and O–H groups in total. The summed E-state index contributed by atoms with van der Waals surface area (Å²) in [6.45, 7) is 0. The van der Waals surface area contributed by atoms with Crippen LogP contribution in [0, 0.1) is 0 Å². The maximum Gasteiger partial charge on any atom is 0.326 e. The molecule has 6 heteroatoms. The number of phenolic OH excluding ortho intramolecular Hbond substituents is 1. The highest BCUT2D eigenvalue weighted by Gasteiger charge is 2.22. The van der Waals surface area contributed by atoms with Crippen LogP contribution in [0.3, 0.4) is 0 Å². The number of carboxylic acid groups (broad SMARTS) is 1. The Balaban J connectivity index is 1.79. The number of aromatic hydroxyl groups is 1. The summed E-state index contributed by atoms with van der Waals surface area (Å²) in [7, 11) is 0. The molecule has 0 aliphatic heterocycles. The number of hydrogen-bond acceptors (Lipinski definition) is 3. The lowest BCUT2D eigenvalue weighted by Crippen LogP contribution is -2.42. The largest absolute Gasteiger partial charge is 0.508 e. The summed E-state index contributed by atoms with van der Waals surface area (Å²) in [6.07, 6.45) is 1.93. The lowest BCUT2D eigenvalue weighted by atomic mass is 10.0. The van der Waals surface area contributed by atoms with E-state index >= 15 is 0 Å². The number of carbonyl (C=O) groups is 2. The molecule has 122 valence electrons. The van der Waals surface area contributed by atoms with E-state index in [4.69, 9.17) is 0 Å². The van der Waals surface area contributed by atoms with Crippen molar-refractivity contribution in [1.82, 2.24) is 10.3 Å². The van der Waals surface area contributed by atoms with Crippen LogP contribution in [-0.2, 0) is 11.2 Å². The number of fused-ring (bicyclic) bond motifs is 1. The molecule has 0 saturated heterocycles. The molecule has 0 aliphatic rings. The van der Waals surface area contributed by atoms with Crippen molar-refractivity contribution in [2.24, 2.45) is 0 Å². The third-order valence-electron chi connectivity index (χ3n) is 3.83. The van der Waals surface area contributed by atoms with Crippen LogP contribution in [0.4, 0.5) is 0 Å². The van der Waals surface area contributed by atoms with Crippen LogP contribution < -0.4 is 5.32 Å². The summed E-state index contributed by atoms with van der Waals surface area (Å²) < 4.78 is 0. The lowest BCUT2D eigenvalue weighted by Gasteiger charge is -2.14. The zero-order chi connectivity index (χ0) is 17.1. The Hall–Kier alpha value is -3.28. The van der Waals surface area contributed by atoms with Gasteiger partial charge < -0.3 is 20.5 Å². The first-order valence-corrected chi connectivity index (χ1v) is 7.42. The highest BCUT2D eigenvalue weighted by molar-refractivity contribution is 5.97. The molecule has 3 aromatic rings. The molecule has 0 bridgehead atoms. The Morgan fingerprint density at radius 1 is 1.08 bits per heavy atom. The van der Waals surface area contributed by atoms with Gasteiger partial charge in [-0.3, -0.25) is 4.79 Å². The molecule has 2 aromatic carbocycles. The van der Waals surface area contributed by atoms with Crippen LogP contribution in [-0.4, -0.2) is 33.1 Å². The number of aliphatic carboxylic acids is 1. The predicted octanol–water partition coefficient (Wildman–Crippen LogP) is 2.30. The average Bonchev–Trinajstić information content (AvgIpc) is 2.98. The van der Waals surface area contributed by atoms with Crippen molar-refractivity contribution in [3.8, 4) is 5.75 Å². The molecule has 0 spiro atoms. The Labute approximate surface area is 137 Å². The third-order valence-corrected chi connectivity index (χ3v) is 3.83. The lowest BCUT2D eigenvalue weighted by molar-refractivity contribution is -0.139. The van der Waals surface area contributed by atoms with Crippen molar-refractivity contribution in [2.75, 3.05) is 0 Å². The number of H-pyrrole nitrogens is 1. The molecule has 1 unspecified atom stereocenters. The number of hydrogen-bond donors (Lipinski definition) is 4. The second-order valence-electron chi connectivity index (χ2n) is 5.47. The summed E-state index contributed by atoms with van der Waals surface area (Å²) in [5.41, 5.74) is 2.03. The van der Waals surface area contributed by atoms with Crippen molar-refractivity contribution in [1.29, 1.82) is 0 Å². The van der Waals surface area contributed by atoms with E-state index in [1.165, 1.54) is 24.3 Å². The zero-order valence-electron chi connectivity index (χ0n) is 12.7. The van der Waals surface area contributed by atoms with Gasteiger partial charge in [0.25, 0.3) is 5.91 Å². The van der Waals surface area contributed by atoms with Crippen LogP contribution in [0.2, 0.25) is 0 Å². The number of carboxylic acids is 1. The van der Waals surface area contributed by atoms with Gasteiger partial charge in [0.1, 0.15) is 11.8 Å². The van der Waals surface area contributed by atoms with Gasteiger partial charge >= 0.3 is 5.97 Å². The van der Waals surface area contributed by atoms with Gasteiger partial charge in [0.15, 0.2) is 0 Å². The molecule has 1 aromatic heterocycles. The number of phenols is 1. The van der Waals surface area contributed by atoms with E-state index < -0.39 is 17.9 Å². The number of nitrogens with one attached hydrogen (secondary N) is 2. The van der Waals surface area contributed by atoms with E-state index in [1.807, 2.05) is 24.3 Å². The minimum absolute atomic E-state index is 0.0418. The van der Waals surface area contributed by atoms with Crippen LogP contribution in [0.5, 0.6) is 5.75 Å². The minimum Gasteiger partial charge on any atom is -0.508 e. The highest BCUT2D eigenvalue weighted by atomic mass is 16.4. The van der Waals surface area contributed by atoms with Crippen molar-refractivity contribution >= 4 is 22.8 Å². The van der Waals surface area contributed by atoms with Crippen LogP contribution in [0.15, 0.2) is 54.7 Å². The summed E-state index contributed by atoms with van der Waals surface area (Å²) >= 11 is 0. The van der Waals surface area contributed by atoms with E-state index in [2.05, 4.69) is 10.3 Å². The van der Waals surface area contributed by atoms with E-state index in [9.17, 15) is 19.8 Å². The van der Waals surface area contributed by atoms with Gasteiger partial charge in [0.2, 0.25) is 0 Å². The van der Waals surface area contributed by atoms with E-state index in [1.54, 1.807) is 6.20 Å². The van der Waals surface area contributed by atoms with Gasteiger partial charge in [-0.2, -0.15) is 0 Å². The minimum atomic E-state index is -1.10. The number of carbonyl (C=O) groups excluding carboxylic acids is 1. The zero-order valence-corrected chi connectivity index (χ0v) is 12.7. The van der Waals surface area contributed by atoms with Gasteiger partial charge in [-0.1, -0.05) is 18.2 Å². The topological polar surface area (TPSA) is 102 Å². The first-order valence-electron chi connectivity index (χ1n) is 7.42. The Bertz CT molecular complexity index is 883. The molecule has 0 aliphatic carbocycles. The maximum absolute atomic E-state index is 12.2. The maximum atomic E-state index is 12.2. The van der Waals surface area contributed by atoms with Gasteiger partial charge in [0.05, 0.1) is 0 Å². The fourth-order valence-corrected chi connectivity index (χ4v) is 2.57. The molecule has 1 atom stereocenters. The number of benzene rings is 2. The Morgan fingerprint density at radius 3 is 2.50 bits per heavy atom. The SMILES string of the molecule is O=C(NC(Cc1c[nH]c2ccccc12)C(=O)O)c1ccc(O)cc1. The number of aromatic amines is 1. The molecular weight excluding hydrogens is 308 g/mol. The normalized spacial score (nSPS) is 12.0. The average molecular weight is 324 g/mol. The molecule has 0 fully saturated rings. The summed E-state index contributed by atoms with van der Waals surface area (Å²) in [4.78, 5) is 26.8. The third kappa shape index (κ3) is 3.22. The first kappa shape index (κ1) is 15.6.